The van der Waals surface area contributed by atoms with Crippen LogP contribution in [0.4, 0.5) is 5.69 Å². The van der Waals surface area contributed by atoms with E-state index in [2.05, 4.69) is 49.3 Å². The smallest absolute Gasteiger partial charge is 0.123 e. The van der Waals surface area contributed by atoms with Gasteiger partial charge in [0.15, 0.2) is 0 Å². The Labute approximate surface area is 140 Å². The Morgan fingerprint density at radius 1 is 1.24 bits per heavy atom. The van der Waals surface area contributed by atoms with Crippen LogP contribution >= 0.6 is 31.9 Å². The Bertz CT molecular complexity index is 725. The van der Waals surface area contributed by atoms with Crippen molar-refractivity contribution in [2.75, 3.05) is 11.9 Å². The molecule has 5 heteroatoms. The SMILES string of the molecule is N#Cc1ccc(NCC2Cc3cc(Br)ccc3O2)c(Br)c1. The van der Waals surface area contributed by atoms with E-state index in [-0.39, 0.29) is 6.10 Å². The number of fused-ring (bicyclic) bond motifs is 1. The molecule has 0 spiro atoms. The Morgan fingerprint density at radius 2 is 2.10 bits per heavy atom. The number of ether oxygens (including phenoxy) is 1. The molecule has 1 aliphatic rings. The molecule has 1 aliphatic heterocycles. The number of anilines is 1. The molecule has 106 valence electrons. The Morgan fingerprint density at radius 3 is 2.86 bits per heavy atom. The molecular formula is C16H12Br2N2O. The van der Waals surface area contributed by atoms with Crippen molar-refractivity contribution in [3.8, 4) is 11.8 Å². The first-order valence-corrected chi connectivity index (χ1v) is 8.13. The second-order valence-corrected chi connectivity index (χ2v) is 6.65. The molecule has 3 rings (SSSR count). The first kappa shape index (κ1) is 14.4. The number of nitrogens with zero attached hydrogens (tertiary/aromatic N) is 1. The Hall–Kier alpha value is -1.51. The zero-order valence-corrected chi connectivity index (χ0v) is 14.2. The molecule has 0 bridgehead atoms. The molecule has 0 fully saturated rings. The van der Waals surface area contributed by atoms with Gasteiger partial charge >= 0.3 is 0 Å². The van der Waals surface area contributed by atoms with E-state index in [0.29, 0.717) is 5.56 Å². The zero-order valence-electron chi connectivity index (χ0n) is 11.1. The Kier molecular flexibility index (Phi) is 4.18. The summed E-state index contributed by atoms with van der Waals surface area (Å²) in [6, 6.07) is 13.7. The minimum absolute atomic E-state index is 0.122. The number of benzene rings is 2. The second-order valence-electron chi connectivity index (χ2n) is 4.88. The second kappa shape index (κ2) is 6.08. The maximum Gasteiger partial charge on any atom is 0.123 e. The van der Waals surface area contributed by atoms with Gasteiger partial charge in [0.1, 0.15) is 11.9 Å². The summed E-state index contributed by atoms with van der Waals surface area (Å²) in [5.74, 6) is 0.962. The molecule has 1 heterocycles. The zero-order chi connectivity index (χ0) is 14.8. The number of halogens is 2. The van der Waals surface area contributed by atoms with Crippen LogP contribution in [0.5, 0.6) is 5.75 Å². The summed E-state index contributed by atoms with van der Waals surface area (Å²) in [6.45, 7) is 0.719. The third-order valence-electron chi connectivity index (χ3n) is 3.38. The normalized spacial score (nSPS) is 16.0. The van der Waals surface area contributed by atoms with E-state index in [1.54, 1.807) is 6.07 Å². The summed E-state index contributed by atoms with van der Waals surface area (Å²) >= 11 is 6.95. The van der Waals surface area contributed by atoms with Gasteiger partial charge in [0.05, 0.1) is 18.2 Å². The van der Waals surface area contributed by atoms with Crippen molar-refractivity contribution in [1.82, 2.24) is 0 Å². The summed E-state index contributed by atoms with van der Waals surface area (Å²) in [6.07, 6.45) is 1.02. The van der Waals surface area contributed by atoms with Crippen LogP contribution in [-0.4, -0.2) is 12.6 Å². The van der Waals surface area contributed by atoms with Gasteiger partial charge in [-0.05, 0) is 57.9 Å². The first-order chi connectivity index (χ1) is 10.2. The van der Waals surface area contributed by atoms with E-state index in [0.717, 1.165) is 33.3 Å². The Balaban J connectivity index is 1.64. The molecule has 1 atom stereocenters. The number of hydrogen-bond acceptors (Lipinski definition) is 3. The predicted molar refractivity (Wildman–Crippen MR) is 89.6 cm³/mol. The molecule has 1 N–H and O–H groups in total. The topological polar surface area (TPSA) is 45.0 Å². The standard InChI is InChI=1S/C16H12Br2N2O/c17-12-2-4-16-11(6-12)7-13(21-16)9-20-15-3-1-10(8-19)5-14(15)18/h1-6,13,20H,7,9H2. The van der Waals surface area contributed by atoms with Crippen molar-refractivity contribution in [2.24, 2.45) is 0 Å². The van der Waals surface area contributed by atoms with Crippen molar-refractivity contribution in [1.29, 1.82) is 5.26 Å². The molecule has 0 radical (unpaired) electrons. The van der Waals surface area contributed by atoms with Gasteiger partial charge in [0, 0.05) is 21.1 Å². The maximum atomic E-state index is 8.86. The maximum absolute atomic E-state index is 8.86. The fourth-order valence-electron chi connectivity index (χ4n) is 2.35. The largest absolute Gasteiger partial charge is 0.488 e. The lowest BCUT2D eigenvalue weighted by Crippen LogP contribution is -2.24. The molecule has 0 aromatic heterocycles. The summed E-state index contributed by atoms with van der Waals surface area (Å²) in [5, 5.41) is 12.2. The van der Waals surface area contributed by atoms with E-state index in [4.69, 9.17) is 10.00 Å². The predicted octanol–water partition coefficient (Wildman–Crippen LogP) is 4.50. The quantitative estimate of drug-likeness (QED) is 0.814. The van der Waals surface area contributed by atoms with Gasteiger partial charge in [-0.1, -0.05) is 15.9 Å². The minimum atomic E-state index is 0.122. The van der Waals surface area contributed by atoms with Gasteiger partial charge in [0.2, 0.25) is 0 Å². The average Bonchev–Trinajstić information content (AvgIpc) is 2.87. The van der Waals surface area contributed by atoms with Crippen molar-refractivity contribution in [3.63, 3.8) is 0 Å². The van der Waals surface area contributed by atoms with Gasteiger partial charge < -0.3 is 10.1 Å². The van der Waals surface area contributed by atoms with Gasteiger partial charge in [-0.15, -0.1) is 0 Å². The molecule has 2 aromatic rings. The number of nitrogens with one attached hydrogen (secondary N) is 1. The lowest BCUT2D eigenvalue weighted by molar-refractivity contribution is 0.246. The molecule has 0 saturated carbocycles. The number of rotatable bonds is 3. The van der Waals surface area contributed by atoms with Crippen LogP contribution in [0, 0.1) is 11.3 Å². The lowest BCUT2D eigenvalue weighted by atomic mass is 10.1. The van der Waals surface area contributed by atoms with Crippen LogP contribution in [0.1, 0.15) is 11.1 Å². The first-order valence-electron chi connectivity index (χ1n) is 6.54. The fourth-order valence-corrected chi connectivity index (χ4v) is 3.28. The molecule has 2 aromatic carbocycles. The fraction of sp³-hybridized carbons (Fsp3) is 0.188. The van der Waals surface area contributed by atoms with E-state index >= 15 is 0 Å². The van der Waals surface area contributed by atoms with Crippen LogP contribution in [0.15, 0.2) is 45.3 Å². The van der Waals surface area contributed by atoms with Crippen molar-refractivity contribution in [3.05, 3.63) is 56.5 Å². The van der Waals surface area contributed by atoms with Gasteiger partial charge in [0.25, 0.3) is 0 Å². The van der Waals surface area contributed by atoms with Crippen molar-refractivity contribution < 1.29 is 4.74 Å². The third-order valence-corrected chi connectivity index (χ3v) is 4.53. The van der Waals surface area contributed by atoms with Gasteiger partial charge in [-0.3, -0.25) is 0 Å². The average molecular weight is 408 g/mol. The highest BCUT2D eigenvalue weighted by molar-refractivity contribution is 9.10. The number of hydrogen-bond donors (Lipinski definition) is 1. The molecule has 0 saturated heterocycles. The lowest BCUT2D eigenvalue weighted by Gasteiger charge is -2.14. The van der Waals surface area contributed by atoms with Crippen LogP contribution in [-0.2, 0) is 6.42 Å². The summed E-state index contributed by atoms with van der Waals surface area (Å²) < 4.78 is 7.88. The molecule has 3 nitrogen and oxygen atoms in total. The van der Waals surface area contributed by atoms with Crippen LogP contribution < -0.4 is 10.1 Å². The number of nitriles is 1. The minimum Gasteiger partial charge on any atom is -0.488 e. The molecule has 0 aliphatic carbocycles. The van der Waals surface area contributed by atoms with Gasteiger partial charge in [-0.2, -0.15) is 5.26 Å². The highest BCUT2D eigenvalue weighted by Crippen LogP contribution is 2.31. The van der Waals surface area contributed by atoms with Crippen molar-refractivity contribution in [2.45, 2.75) is 12.5 Å². The monoisotopic (exact) mass is 406 g/mol. The third kappa shape index (κ3) is 3.22. The van der Waals surface area contributed by atoms with Crippen molar-refractivity contribution >= 4 is 37.5 Å². The van der Waals surface area contributed by atoms with Gasteiger partial charge in [-0.25, -0.2) is 0 Å². The van der Waals surface area contributed by atoms with E-state index < -0.39 is 0 Å². The summed E-state index contributed by atoms with van der Waals surface area (Å²) in [4.78, 5) is 0. The summed E-state index contributed by atoms with van der Waals surface area (Å²) in [5.41, 5.74) is 2.84. The molecule has 21 heavy (non-hydrogen) atoms. The van der Waals surface area contributed by atoms with E-state index in [1.165, 1.54) is 5.56 Å². The van der Waals surface area contributed by atoms with E-state index in [9.17, 15) is 0 Å². The summed E-state index contributed by atoms with van der Waals surface area (Å²) in [7, 11) is 0. The van der Waals surface area contributed by atoms with E-state index in [1.807, 2.05) is 24.3 Å². The van der Waals surface area contributed by atoms with Crippen LogP contribution in [0.3, 0.4) is 0 Å². The highest BCUT2D eigenvalue weighted by atomic mass is 79.9. The molecular weight excluding hydrogens is 396 g/mol. The molecule has 1 unspecified atom stereocenters. The van der Waals surface area contributed by atoms with Crippen LogP contribution in [0.25, 0.3) is 0 Å². The van der Waals surface area contributed by atoms with Crippen LogP contribution in [0.2, 0.25) is 0 Å². The molecule has 0 amide bonds. The highest BCUT2D eigenvalue weighted by Gasteiger charge is 2.22.